The van der Waals surface area contributed by atoms with Crippen LogP contribution in [0.5, 0.6) is 5.75 Å². The Morgan fingerprint density at radius 3 is 2.75 bits per heavy atom. The summed E-state index contributed by atoms with van der Waals surface area (Å²) in [7, 11) is 1.60. The second kappa shape index (κ2) is 8.40. The molecule has 32 heavy (non-hydrogen) atoms. The molecule has 0 aliphatic rings. The van der Waals surface area contributed by atoms with Crippen LogP contribution in [0.4, 0.5) is 0 Å². The quantitative estimate of drug-likeness (QED) is 0.333. The lowest BCUT2D eigenvalue weighted by Gasteiger charge is -2.12. The molecule has 3 heterocycles. The molecule has 0 unspecified atom stereocenters. The molecule has 3 aromatic heterocycles. The zero-order valence-corrected chi connectivity index (χ0v) is 19.5. The van der Waals surface area contributed by atoms with E-state index in [-0.39, 0.29) is 5.56 Å². The first kappa shape index (κ1) is 20.7. The number of methoxy groups -OCH3 is 1. The zero-order chi connectivity index (χ0) is 22.2. The number of thiazole rings is 1. The van der Waals surface area contributed by atoms with Gasteiger partial charge in [-0.2, -0.15) is 0 Å². The molecule has 9 heteroatoms. The summed E-state index contributed by atoms with van der Waals surface area (Å²) < 4.78 is 8.88. The van der Waals surface area contributed by atoms with Crippen molar-refractivity contribution < 1.29 is 4.74 Å². The van der Waals surface area contributed by atoms with Crippen molar-refractivity contribution >= 4 is 39.8 Å². The van der Waals surface area contributed by atoms with Crippen LogP contribution in [-0.4, -0.2) is 31.3 Å². The van der Waals surface area contributed by atoms with Crippen molar-refractivity contribution in [3.63, 3.8) is 0 Å². The third-order valence-corrected chi connectivity index (χ3v) is 7.28. The van der Waals surface area contributed by atoms with E-state index in [4.69, 9.17) is 9.72 Å². The van der Waals surface area contributed by atoms with Gasteiger partial charge in [0.15, 0.2) is 5.16 Å². The average Bonchev–Trinajstić information content (AvgIpc) is 3.45. The third kappa shape index (κ3) is 3.57. The largest absolute Gasteiger partial charge is 0.497 e. The number of nitrogens with zero attached hydrogens (tertiary/aromatic N) is 5. The van der Waals surface area contributed by atoms with Gasteiger partial charge in [-0.3, -0.25) is 9.20 Å². The molecule has 0 N–H and O–H groups in total. The fourth-order valence-electron chi connectivity index (χ4n) is 3.55. The summed E-state index contributed by atoms with van der Waals surface area (Å²) in [6, 6.07) is 14.9. The van der Waals surface area contributed by atoms with Gasteiger partial charge in [0.1, 0.15) is 5.75 Å². The van der Waals surface area contributed by atoms with E-state index >= 15 is 0 Å². The minimum Gasteiger partial charge on any atom is -0.497 e. The van der Waals surface area contributed by atoms with E-state index in [9.17, 15) is 4.79 Å². The van der Waals surface area contributed by atoms with Crippen LogP contribution < -0.4 is 10.3 Å². The van der Waals surface area contributed by atoms with Crippen molar-refractivity contribution in [3.8, 4) is 11.4 Å². The van der Waals surface area contributed by atoms with E-state index in [1.165, 1.54) is 0 Å². The minimum atomic E-state index is -0.147. The zero-order valence-electron chi connectivity index (χ0n) is 17.8. The number of hydrogen-bond donors (Lipinski definition) is 0. The second-order valence-corrected chi connectivity index (χ2v) is 9.43. The number of ether oxygens (including phenoxy) is 1. The molecule has 0 radical (unpaired) electrons. The lowest BCUT2D eigenvalue weighted by Crippen LogP contribution is -2.21. The molecule has 5 aromatic rings. The summed E-state index contributed by atoms with van der Waals surface area (Å²) >= 11 is 3.24. The van der Waals surface area contributed by atoms with Crippen LogP contribution in [0.1, 0.15) is 30.5 Å². The average molecular weight is 464 g/mol. The van der Waals surface area contributed by atoms with Crippen LogP contribution in [0.25, 0.3) is 22.4 Å². The highest BCUT2D eigenvalue weighted by Gasteiger charge is 2.18. The molecule has 0 amide bonds. The van der Waals surface area contributed by atoms with Crippen LogP contribution in [0.3, 0.4) is 0 Å². The Kier molecular flexibility index (Phi) is 5.44. The van der Waals surface area contributed by atoms with Gasteiger partial charge in [-0.1, -0.05) is 43.8 Å². The molecule has 0 spiro atoms. The molecule has 0 aliphatic carbocycles. The molecule has 0 saturated heterocycles. The van der Waals surface area contributed by atoms with Gasteiger partial charge in [0, 0.05) is 23.1 Å². The monoisotopic (exact) mass is 463 g/mol. The van der Waals surface area contributed by atoms with Gasteiger partial charge in [0.25, 0.3) is 5.56 Å². The van der Waals surface area contributed by atoms with Crippen molar-refractivity contribution in [1.82, 2.24) is 24.1 Å². The Balaban J connectivity index is 1.66. The first-order chi connectivity index (χ1) is 15.6. The molecule has 162 valence electrons. The number of aromatic nitrogens is 5. The topological polar surface area (TPSA) is 74.3 Å². The molecule has 7 nitrogen and oxygen atoms in total. The van der Waals surface area contributed by atoms with E-state index < -0.39 is 0 Å². The SMILES string of the molecule is COc1cccc(-n2c(=O)c3ccccc3n3c(SCc4csc(C(C)C)n4)nnc23)c1. The summed E-state index contributed by atoms with van der Waals surface area (Å²) in [6.45, 7) is 4.29. The molecule has 2 aromatic carbocycles. The smallest absolute Gasteiger partial charge is 0.267 e. The predicted molar refractivity (Wildman–Crippen MR) is 128 cm³/mol. The molecule has 5 rings (SSSR count). The maximum atomic E-state index is 13.4. The van der Waals surface area contributed by atoms with Gasteiger partial charge in [0.2, 0.25) is 5.78 Å². The normalized spacial score (nSPS) is 11.6. The molecule has 0 atom stereocenters. The highest BCUT2D eigenvalue weighted by molar-refractivity contribution is 7.98. The van der Waals surface area contributed by atoms with Gasteiger partial charge < -0.3 is 4.74 Å². The molecular formula is C23H21N5O2S2. The fraction of sp³-hybridized carbons (Fsp3) is 0.217. The van der Waals surface area contributed by atoms with E-state index in [1.54, 1.807) is 34.8 Å². The summed E-state index contributed by atoms with van der Waals surface area (Å²) in [5.74, 6) is 2.22. The van der Waals surface area contributed by atoms with Crippen LogP contribution >= 0.6 is 23.1 Å². The first-order valence-corrected chi connectivity index (χ1v) is 12.0. The fourth-order valence-corrected chi connectivity index (χ4v) is 5.32. The molecule has 0 aliphatic heterocycles. The molecular weight excluding hydrogens is 442 g/mol. The summed E-state index contributed by atoms with van der Waals surface area (Å²) in [4.78, 5) is 18.1. The third-order valence-electron chi connectivity index (χ3n) is 5.12. The van der Waals surface area contributed by atoms with Gasteiger partial charge in [-0.25, -0.2) is 9.55 Å². The van der Waals surface area contributed by atoms with Crippen molar-refractivity contribution in [2.75, 3.05) is 7.11 Å². The number of hydrogen-bond acceptors (Lipinski definition) is 7. The highest BCUT2D eigenvalue weighted by atomic mass is 32.2. The van der Waals surface area contributed by atoms with Gasteiger partial charge in [-0.15, -0.1) is 21.5 Å². The summed E-state index contributed by atoms with van der Waals surface area (Å²) in [5, 5.41) is 13.4. The first-order valence-electron chi connectivity index (χ1n) is 10.2. The maximum Gasteiger partial charge on any atom is 0.267 e. The summed E-state index contributed by atoms with van der Waals surface area (Å²) in [6.07, 6.45) is 0. The van der Waals surface area contributed by atoms with Crippen LogP contribution in [0.15, 0.2) is 63.9 Å². The predicted octanol–water partition coefficient (Wildman–Crippen LogP) is 4.91. The lowest BCUT2D eigenvalue weighted by molar-refractivity contribution is 0.414. The number of rotatable bonds is 6. The Labute approximate surface area is 192 Å². The van der Waals surface area contributed by atoms with Crippen LogP contribution in [-0.2, 0) is 5.75 Å². The standard InChI is InChI=1S/C23H21N5O2S2/c1-14(2)20-24-15(12-31-20)13-32-23-26-25-22-27(16-7-6-8-17(11-16)30-3)21(29)18-9-4-5-10-19(18)28(22)23/h4-12,14H,13H2,1-3H3. The van der Waals surface area contributed by atoms with E-state index in [1.807, 2.05) is 52.9 Å². The van der Waals surface area contributed by atoms with Crippen molar-refractivity contribution in [2.24, 2.45) is 0 Å². The maximum absolute atomic E-state index is 13.4. The second-order valence-electron chi connectivity index (χ2n) is 7.60. The van der Waals surface area contributed by atoms with Crippen LogP contribution in [0, 0.1) is 0 Å². The van der Waals surface area contributed by atoms with Crippen molar-refractivity contribution in [3.05, 3.63) is 75.0 Å². The number of benzene rings is 2. The Morgan fingerprint density at radius 2 is 1.97 bits per heavy atom. The number of para-hydroxylation sites is 1. The number of thioether (sulfide) groups is 1. The van der Waals surface area contributed by atoms with E-state index in [0.717, 1.165) is 16.2 Å². The molecule has 0 saturated carbocycles. The number of fused-ring (bicyclic) bond motifs is 3. The molecule has 0 bridgehead atoms. The Hall–Kier alpha value is -3.17. The highest BCUT2D eigenvalue weighted by Crippen LogP contribution is 2.28. The molecule has 0 fully saturated rings. The van der Waals surface area contributed by atoms with Crippen LogP contribution in [0.2, 0.25) is 0 Å². The lowest BCUT2D eigenvalue weighted by atomic mass is 10.2. The summed E-state index contributed by atoms with van der Waals surface area (Å²) in [5.41, 5.74) is 2.33. The Morgan fingerprint density at radius 1 is 1.12 bits per heavy atom. The minimum absolute atomic E-state index is 0.147. The van der Waals surface area contributed by atoms with Crippen molar-refractivity contribution in [2.45, 2.75) is 30.7 Å². The van der Waals surface area contributed by atoms with Gasteiger partial charge in [-0.05, 0) is 24.3 Å². The van der Waals surface area contributed by atoms with E-state index in [0.29, 0.717) is 39.4 Å². The van der Waals surface area contributed by atoms with Gasteiger partial charge >= 0.3 is 0 Å². The Bertz CT molecular complexity index is 1490. The van der Waals surface area contributed by atoms with E-state index in [2.05, 4.69) is 29.4 Å². The van der Waals surface area contributed by atoms with Gasteiger partial charge in [0.05, 0.1) is 34.4 Å². The van der Waals surface area contributed by atoms with Crippen molar-refractivity contribution in [1.29, 1.82) is 0 Å².